The number of rotatable bonds is 2. The maximum absolute atomic E-state index is 13.4. The van der Waals surface area contributed by atoms with Crippen LogP contribution in [0.2, 0.25) is 0 Å². The molecule has 18 heavy (non-hydrogen) atoms. The zero-order valence-corrected chi connectivity index (χ0v) is 11.0. The molecule has 98 valence electrons. The number of halogens is 2. The fourth-order valence-electron chi connectivity index (χ4n) is 2.27. The summed E-state index contributed by atoms with van der Waals surface area (Å²) in [6.45, 7) is 2.21. The van der Waals surface area contributed by atoms with E-state index in [4.69, 9.17) is 12.2 Å². The first-order chi connectivity index (χ1) is 8.54. The molecule has 0 spiro atoms. The summed E-state index contributed by atoms with van der Waals surface area (Å²) in [5.41, 5.74) is 0.194. The fourth-order valence-corrected chi connectivity index (χ4v) is 2.55. The minimum Gasteiger partial charge on any atom is -0.360 e. The van der Waals surface area contributed by atoms with E-state index in [1.165, 1.54) is 18.6 Å². The first-order valence-corrected chi connectivity index (χ1v) is 6.48. The largest absolute Gasteiger partial charge is 0.360 e. The first-order valence-electron chi connectivity index (χ1n) is 6.07. The third-order valence-electron chi connectivity index (χ3n) is 3.21. The second-order valence-electron chi connectivity index (χ2n) is 4.84. The Balaban J connectivity index is 1.91. The third-order valence-corrected chi connectivity index (χ3v) is 3.43. The van der Waals surface area contributed by atoms with Crippen LogP contribution < -0.4 is 10.6 Å². The van der Waals surface area contributed by atoms with Crippen LogP contribution in [0.1, 0.15) is 26.2 Å². The predicted molar refractivity (Wildman–Crippen MR) is 72.5 cm³/mol. The van der Waals surface area contributed by atoms with Crippen LogP contribution >= 0.6 is 12.2 Å². The predicted octanol–water partition coefficient (Wildman–Crippen LogP) is 3.44. The van der Waals surface area contributed by atoms with Crippen molar-refractivity contribution < 1.29 is 8.78 Å². The van der Waals surface area contributed by atoms with Gasteiger partial charge in [0.1, 0.15) is 11.6 Å². The molecule has 1 aliphatic rings. The average molecular weight is 270 g/mol. The smallest absolute Gasteiger partial charge is 0.171 e. The van der Waals surface area contributed by atoms with Gasteiger partial charge in [0.25, 0.3) is 0 Å². The molecule has 0 heterocycles. The highest BCUT2D eigenvalue weighted by molar-refractivity contribution is 7.80. The Kier molecular flexibility index (Phi) is 4.11. The second-order valence-corrected chi connectivity index (χ2v) is 5.25. The molecular formula is C13H16F2N2S. The molecule has 1 saturated carbocycles. The van der Waals surface area contributed by atoms with Crippen LogP contribution in [0.4, 0.5) is 14.5 Å². The summed E-state index contributed by atoms with van der Waals surface area (Å²) in [6, 6.07) is 3.73. The Labute approximate surface area is 111 Å². The van der Waals surface area contributed by atoms with Crippen molar-refractivity contribution in [1.82, 2.24) is 5.32 Å². The molecular weight excluding hydrogens is 254 g/mol. The van der Waals surface area contributed by atoms with Gasteiger partial charge in [-0.05, 0) is 49.5 Å². The van der Waals surface area contributed by atoms with Gasteiger partial charge in [0, 0.05) is 12.1 Å². The van der Waals surface area contributed by atoms with Gasteiger partial charge in [0.2, 0.25) is 0 Å². The monoisotopic (exact) mass is 270 g/mol. The molecule has 1 aromatic rings. The Bertz CT molecular complexity index is 451. The van der Waals surface area contributed by atoms with Crippen LogP contribution in [-0.4, -0.2) is 11.2 Å². The van der Waals surface area contributed by atoms with E-state index in [1.54, 1.807) is 0 Å². The molecule has 1 aromatic carbocycles. The highest BCUT2D eigenvalue weighted by Gasteiger charge is 2.21. The van der Waals surface area contributed by atoms with E-state index in [1.807, 2.05) is 0 Å². The molecule has 2 atom stereocenters. The van der Waals surface area contributed by atoms with Gasteiger partial charge < -0.3 is 10.6 Å². The summed E-state index contributed by atoms with van der Waals surface area (Å²) >= 11 is 5.12. The zero-order chi connectivity index (χ0) is 13.1. The lowest BCUT2D eigenvalue weighted by Crippen LogP contribution is -2.36. The molecule has 0 aromatic heterocycles. The number of nitrogens with one attached hydrogen (secondary N) is 2. The van der Waals surface area contributed by atoms with Crippen LogP contribution in [0.5, 0.6) is 0 Å². The van der Waals surface area contributed by atoms with Gasteiger partial charge >= 0.3 is 0 Å². The normalized spacial score (nSPS) is 22.8. The molecule has 0 aliphatic heterocycles. The summed E-state index contributed by atoms with van der Waals surface area (Å²) in [4.78, 5) is 0. The van der Waals surface area contributed by atoms with Crippen molar-refractivity contribution in [3.8, 4) is 0 Å². The first kappa shape index (κ1) is 13.2. The van der Waals surface area contributed by atoms with Gasteiger partial charge in [-0.1, -0.05) is 6.92 Å². The highest BCUT2D eigenvalue weighted by atomic mass is 32.1. The van der Waals surface area contributed by atoms with Gasteiger partial charge in [-0.15, -0.1) is 0 Å². The lowest BCUT2D eigenvalue weighted by atomic mass is 10.1. The summed E-state index contributed by atoms with van der Waals surface area (Å²) in [7, 11) is 0. The number of anilines is 1. The van der Waals surface area contributed by atoms with E-state index in [0.29, 0.717) is 17.1 Å². The van der Waals surface area contributed by atoms with Crippen molar-refractivity contribution in [2.75, 3.05) is 5.32 Å². The van der Waals surface area contributed by atoms with Crippen molar-refractivity contribution in [1.29, 1.82) is 0 Å². The summed E-state index contributed by atoms with van der Waals surface area (Å²) in [6.07, 6.45) is 3.34. The molecule has 0 bridgehead atoms. The number of hydrogen-bond acceptors (Lipinski definition) is 1. The van der Waals surface area contributed by atoms with Gasteiger partial charge in [-0.3, -0.25) is 0 Å². The molecule has 2 nitrogen and oxygen atoms in total. The van der Waals surface area contributed by atoms with Crippen molar-refractivity contribution in [3.05, 3.63) is 29.8 Å². The summed E-state index contributed by atoms with van der Waals surface area (Å²) < 4.78 is 26.1. The fraction of sp³-hybridized carbons (Fsp3) is 0.462. The van der Waals surface area contributed by atoms with E-state index < -0.39 is 11.6 Å². The number of hydrogen-bond donors (Lipinski definition) is 2. The van der Waals surface area contributed by atoms with Crippen LogP contribution in [0.15, 0.2) is 18.2 Å². The van der Waals surface area contributed by atoms with Crippen LogP contribution in [-0.2, 0) is 0 Å². The molecule has 1 fully saturated rings. The second kappa shape index (κ2) is 5.61. The minimum atomic E-state index is -0.640. The van der Waals surface area contributed by atoms with Crippen LogP contribution in [0.25, 0.3) is 0 Å². The van der Waals surface area contributed by atoms with E-state index in [2.05, 4.69) is 17.6 Å². The van der Waals surface area contributed by atoms with Crippen LogP contribution in [0.3, 0.4) is 0 Å². The molecule has 2 N–H and O–H groups in total. The van der Waals surface area contributed by atoms with Crippen molar-refractivity contribution >= 4 is 23.0 Å². The molecule has 5 heteroatoms. The van der Waals surface area contributed by atoms with E-state index in [9.17, 15) is 8.78 Å². The number of benzene rings is 1. The highest BCUT2D eigenvalue weighted by Crippen LogP contribution is 2.24. The average Bonchev–Trinajstić information content (AvgIpc) is 2.68. The van der Waals surface area contributed by atoms with Gasteiger partial charge in [-0.25, -0.2) is 8.78 Å². The third kappa shape index (κ3) is 3.38. The summed E-state index contributed by atoms with van der Waals surface area (Å²) in [5.74, 6) is -0.534. The maximum Gasteiger partial charge on any atom is 0.171 e. The zero-order valence-electron chi connectivity index (χ0n) is 10.2. The standard InChI is InChI=1S/C13H16F2N2S/c1-8-2-4-10(6-8)16-13(18)17-12-5-3-9(14)7-11(12)15/h3,5,7-8,10H,2,4,6H2,1H3,(H2,16,17,18). The lowest BCUT2D eigenvalue weighted by molar-refractivity contribution is 0.571. The van der Waals surface area contributed by atoms with E-state index >= 15 is 0 Å². The van der Waals surface area contributed by atoms with Crippen molar-refractivity contribution in [2.45, 2.75) is 32.2 Å². The summed E-state index contributed by atoms with van der Waals surface area (Å²) in [5, 5.41) is 6.31. The van der Waals surface area contributed by atoms with Gasteiger partial charge in [0.15, 0.2) is 5.11 Å². The maximum atomic E-state index is 13.4. The Hall–Kier alpha value is -1.23. The molecule has 2 rings (SSSR count). The minimum absolute atomic E-state index is 0.194. The molecule has 1 aliphatic carbocycles. The van der Waals surface area contributed by atoms with Gasteiger partial charge in [-0.2, -0.15) is 0 Å². The van der Waals surface area contributed by atoms with E-state index in [0.717, 1.165) is 18.9 Å². The SMILES string of the molecule is CC1CCC(NC(=S)Nc2ccc(F)cc2F)C1. The van der Waals surface area contributed by atoms with Crippen molar-refractivity contribution in [2.24, 2.45) is 5.92 Å². The Morgan fingerprint density at radius 3 is 2.72 bits per heavy atom. The number of thiocarbonyl (C=S) groups is 1. The Morgan fingerprint density at radius 2 is 2.11 bits per heavy atom. The molecule has 0 radical (unpaired) electrons. The van der Waals surface area contributed by atoms with Gasteiger partial charge in [0.05, 0.1) is 5.69 Å². The lowest BCUT2D eigenvalue weighted by Gasteiger charge is -2.16. The van der Waals surface area contributed by atoms with Crippen molar-refractivity contribution in [3.63, 3.8) is 0 Å². The van der Waals surface area contributed by atoms with Crippen LogP contribution in [0, 0.1) is 17.6 Å². The molecule has 0 amide bonds. The van der Waals surface area contributed by atoms with E-state index in [-0.39, 0.29) is 5.69 Å². The molecule has 0 saturated heterocycles. The molecule has 2 unspecified atom stereocenters. The topological polar surface area (TPSA) is 24.1 Å². The Morgan fingerprint density at radius 1 is 1.33 bits per heavy atom. The quantitative estimate of drug-likeness (QED) is 0.805.